The summed E-state index contributed by atoms with van der Waals surface area (Å²) in [5.41, 5.74) is 1.96. The second-order valence-electron chi connectivity index (χ2n) is 6.87. The first kappa shape index (κ1) is 20.8. The molecule has 0 spiro atoms. The summed E-state index contributed by atoms with van der Waals surface area (Å²) in [5.74, 6) is -0.639. The van der Waals surface area contributed by atoms with Crippen molar-refractivity contribution >= 4 is 33.2 Å². The SMILES string of the molecule is COc1ccccc1CNC(=O)C(=O)NC[C@H](c1csc2ccccc12)N(C)C. The van der Waals surface area contributed by atoms with Gasteiger partial charge in [0.1, 0.15) is 5.75 Å². The van der Waals surface area contributed by atoms with Crippen molar-refractivity contribution in [3.05, 3.63) is 65.0 Å². The Morgan fingerprint density at radius 2 is 1.72 bits per heavy atom. The van der Waals surface area contributed by atoms with E-state index in [1.807, 2.05) is 55.4 Å². The van der Waals surface area contributed by atoms with E-state index in [1.54, 1.807) is 18.4 Å². The Hall–Kier alpha value is -2.90. The van der Waals surface area contributed by atoms with Gasteiger partial charge in [0.05, 0.1) is 13.2 Å². The second-order valence-corrected chi connectivity index (χ2v) is 7.78. The van der Waals surface area contributed by atoms with Crippen LogP contribution in [0.2, 0.25) is 0 Å². The minimum Gasteiger partial charge on any atom is -0.496 e. The molecule has 3 rings (SSSR count). The van der Waals surface area contributed by atoms with E-state index in [2.05, 4.69) is 28.1 Å². The second kappa shape index (κ2) is 9.54. The maximum atomic E-state index is 12.3. The zero-order valence-electron chi connectivity index (χ0n) is 16.8. The Bertz CT molecular complexity index is 1000. The number of nitrogens with zero attached hydrogens (tertiary/aromatic N) is 1. The molecule has 6 nitrogen and oxygen atoms in total. The van der Waals surface area contributed by atoms with Gasteiger partial charge in [0.2, 0.25) is 0 Å². The summed E-state index contributed by atoms with van der Waals surface area (Å²) >= 11 is 1.68. The van der Waals surface area contributed by atoms with Crippen LogP contribution in [0.15, 0.2) is 53.9 Å². The Balaban J connectivity index is 1.61. The summed E-state index contributed by atoms with van der Waals surface area (Å²) in [7, 11) is 5.50. The fourth-order valence-electron chi connectivity index (χ4n) is 3.20. The number of thiophene rings is 1. The lowest BCUT2D eigenvalue weighted by Crippen LogP contribution is -2.42. The van der Waals surface area contributed by atoms with Gasteiger partial charge in [-0.25, -0.2) is 0 Å². The van der Waals surface area contributed by atoms with Crippen LogP contribution in [0.4, 0.5) is 0 Å². The summed E-state index contributed by atoms with van der Waals surface area (Å²) in [6, 6.07) is 15.5. The zero-order chi connectivity index (χ0) is 20.8. The number of rotatable bonds is 7. The van der Waals surface area contributed by atoms with Crippen molar-refractivity contribution < 1.29 is 14.3 Å². The van der Waals surface area contributed by atoms with Crippen LogP contribution in [0.1, 0.15) is 17.2 Å². The number of hydrogen-bond acceptors (Lipinski definition) is 5. The molecule has 0 saturated carbocycles. The van der Waals surface area contributed by atoms with Gasteiger partial charge < -0.3 is 20.3 Å². The van der Waals surface area contributed by atoms with Crippen LogP contribution in [-0.4, -0.2) is 44.5 Å². The summed E-state index contributed by atoms with van der Waals surface area (Å²) in [6.45, 7) is 0.567. The molecule has 1 heterocycles. The van der Waals surface area contributed by atoms with Gasteiger partial charge in [-0.2, -0.15) is 0 Å². The molecule has 1 atom stereocenters. The Morgan fingerprint density at radius 1 is 1.03 bits per heavy atom. The Kier molecular flexibility index (Phi) is 6.85. The maximum absolute atomic E-state index is 12.3. The van der Waals surface area contributed by atoms with E-state index in [1.165, 1.54) is 10.1 Å². The summed E-state index contributed by atoms with van der Waals surface area (Å²) in [5, 5.41) is 8.70. The molecule has 0 aliphatic rings. The molecule has 2 N–H and O–H groups in total. The van der Waals surface area contributed by atoms with E-state index in [9.17, 15) is 9.59 Å². The molecule has 0 fully saturated rings. The number of para-hydroxylation sites is 1. The van der Waals surface area contributed by atoms with Crippen molar-refractivity contribution in [1.82, 2.24) is 15.5 Å². The largest absolute Gasteiger partial charge is 0.496 e. The molecular weight excluding hydrogens is 386 g/mol. The molecule has 29 heavy (non-hydrogen) atoms. The summed E-state index contributed by atoms with van der Waals surface area (Å²) < 4.78 is 6.47. The molecular formula is C22H25N3O3S. The number of nitrogens with one attached hydrogen (secondary N) is 2. The van der Waals surface area contributed by atoms with Crippen molar-refractivity contribution in [1.29, 1.82) is 0 Å². The first-order valence-corrected chi connectivity index (χ1v) is 10.2. The molecule has 0 saturated heterocycles. The molecule has 2 aromatic carbocycles. The number of hydrogen-bond donors (Lipinski definition) is 2. The van der Waals surface area contributed by atoms with Gasteiger partial charge in [-0.05, 0) is 42.6 Å². The highest BCUT2D eigenvalue weighted by molar-refractivity contribution is 7.17. The lowest BCUT2D eigenvalue weighted by molar-refractivity contribution is -0.139. The molecule has 152 valence electrons. The van der Waals surface area contributed by atoms with Crippen molar-refractivity contribution in [3.63, 3.8) is 0 Å². The highest BCUT2D eigenvalue weighted by atomic mass is 32.1. The third-order valence-corrected chi connectivity index (χ3v) is 5.77. The van der Waals surface area contributed by atoms with Crippen LogP contribution in [0.5, 0.6) is 5.75 Å². The van der Waals surface area contributed by atoms with Crippen LogP contribution in [0, 0.1) is 0 Å². The molecule has 2 amide bonds. The normalized spacial score (nSPS) is 12.0. The van der Waals surface area contributed by atoms with Crippen LogP contribution in [-0.2, 0) is 16.1 Å². The number of carbonyl (C=O) groups is 2. The highest BCUT2D eigenvalue weighted by Crippen LogP contribution is 2.31. The first-order valence-electron chi connectivity index (χ1n) is 9.31. The first-order chi connectivity index (χ1) is 14.0. The van der Waals surface area contributed by atoms with E-state index < -0.39 is 11.8 Å². The van der Waals surface area contributed by atoms with Gasteiger partial charge in [0.15, 0.2) is 0 Å². The van der Waals surface area contributed by atoms with E-state index in [0.29, 0.717) is 12.3 Å². The molecule has 0 radical (unpaired) electrons. The average molecular weight is 412 g/mol. The quantitative estimate of drug-likeness (QED) is 0.587. The standard InChI is InChI=1S/C22H25N3O3S/c1-25(2)18(17-14-29-20-11-7-5-9-16(17)20)13-24-22(27)21(26)23-12-15-8-4-6-10-19(15)28-3/h4-11,14,18H,12-13H2,1-3H3,(H,23,26)(H,24,27)/t18-/m1/s1. The molecule has 0 aliphatic heterocycles. The number of likely N-dealkylation sites (N-methyl/N-ethyl adjacent to an activating group) is 1. The topological polar surface area (TPSA) is 70.7 Å². The summed E-state index contributed by atoms with van der Waals surface area (Å²) in [4.78, 5) is 26.6. The van der Waals surface area contributed by atoms with Gasteiger partial charge in [0, 0.05) is 23.4 Å². The minimum atomic E-state index is -0.663. The molecule has 3 aromatic rings. The zero-order valence-corrected chi connectivity index (χ0v) is 17.6. The number of carbonyl (C=O) groups excluding carboxylic acids is 2. The van der Waals surface area contributed by atoms with Crippen LogP contribution >= 0.6 is 11.3 Å². The number of methoxy groups -OCH3 is 1. The predicted octanol–water partition coefficient (Wildman–Crippen LogP) is 2.95. The number of benzene rings is 2. The third-order valence-electron chi connectivity index (χ3n) is 4.79. The van der Waals surface area contributed by atoms with Gasteiger partial charge >= 0.3 is 11.8 Å². The number of amides is 2. The Morgan fingerprint density at radius 3 is 2.48 bits per heavy atom. The predicted molar refractivity (Wildman–Crippen MR) is 116 cm³/mol. The summed E-state index contributed by atoms with van der Waals surface area (Å²) in [6.07, 6.45) is 0. The highest BCUT2D eigenvalue weighted by Gasteiger charge is 2.21. The number of ether oxygens (including phenoxy) is 1. The van der Waals surface area contributed by atoms with Crippen LogP contribution < -0.4 is 15.4 Å². The van der Waals surface area contributed by atoms with Gasteiger partial charge in [-0.3, -0.25) is 9.59 Å². The van der Waals surface area contributed by atoms with Crippen molar-refractivity contribution in [2.45, 2.75) is 12.6 Å². The molecule has 1 aromatic heterocycles. The number of fused-ring (bicyclic) bond motifs is 1. The monoisotopic (exact) mass is 411 g/mol. The van der Waals surface area contributed by atoms with Gasteiger partial charge in [-0.1, -0.05) is 36.4 Å². The maximum Gasteiger partial charge on any atom is 0.309 e. The van der Waals surface area contributed by atoms with E-state index in [-0.39, 0.29) is 12.6 Å². The van der Waals surface area contributed by atoms with Gasteiger partial charge in [-0.15, -0.1) is 11.3 Å². The third kappa shape index (κ3) is 4.93. The molecule has 0 unspecified atom stereocenters. The average Bonchev–Trinajstić information content (AvgIpc) is 3.16. The molecule has 7 heteroatoms. The van der Waals surface area contributed by atoms with Crippen molar-refractivity contribution in [2.75, 3.05) is 27.7 Å². The van der Waals surface area contributed by atoms with Crippen LogP contribution in [0.3, 0.4) is 0 Å². The minimum absolute atomic E-state index is 0.0304. The molecule has 0 aliphatic carbocycles. The fraction of sp³-hybridized carbons (Fsp3) is 0.273. The lowest BCUT2D eigenvalue weighted by Gasteiger charge is -2.24. The van der Waals surface area contributed by atoms with E-state index in [4.69, 9.17) is 4.74 Å². The fourth-order valence-corrected chi connectivity index (χ4v) is 4.21. The Labute approximate surface area is 174 Å². The van der Waals surface area contributed by atoms with Crippen LogP contribution in [0.25, 0.3) is 10.1 Å². The smallest absolute Gasteiger partial charge is 0.309 e. The van der Waals surface area contributed by atoms with Crippen molar-refractivity contribution in [2.24, 2.45) is 0 Å². The van der Waals surface area contributed by atoms with E-state index >= 15 is 0 Å². The van der Waals surface area contributed by atoms with Crippen molar-refractivity contribution in [3.8, 4) is 5.75 Å². The van der Waals surface area contributed by atoms with E-state index in [0.717, 1.165) is 11.1 Å². The molecule has 0 bridgehead atoms. The lowest BCUT2D eigenvalue weighted by atomic mass is 10.0. The van der Waals surface area contributed by atoms with Gasteiger partial charge in [0.25, 0.3) is 0 Å².